The van der Waals surface area contributed by atoms with Gasteiger partial charge >= 0.3 is 0 Å². The first-order valence-corrected chi connectivity index (χ1v) is 16.0. The summed E-state index contributed by atoms with van der Waals surface area (Å²) < 4.78 is 2.72. The molecule has 6 aromatic carbocycles. The standard InChI is InChI=1S/C41H31NS/c1-41(2)36-19-11-10-16-30(36)31-21-20-29(24-37(31)41)42(28-14-4-3-5-15-28)38-25-35-34-22-26-12-6-7-13-27(26)23-39(34)43-40(35)33-18-9-8-17-32(33)38/h3-14,16-25,28H,15H2,1-2H3. The van der Waals surface area contributed by atoms with E-state index in [4.69, 9.17) is 0 Å². The van der Waals surface area contributed by atoms with Crippen LogP contribution in [0.4, 0.5) is 11.4 Å². The largest absolute Gasteiger partial charge is 0.334 e. The molecule has 2 aliphatic rings. The number of anilines is 2. The van der Waals surface area contributed by atoms with Gasteiger partial charge in [0.1, 0.15) is 0 Å². The van der Waals surface area contributed by atoms with E-state index in [1.165, 1.54) is 75.3 Å². The quantitative estimate of drug-likeness (QED) is 0.205. The number of benzene rings is 6. The van der Waals surface area contributed by atoms with E-state index >= 15 is 0 Å². The maximum absolute atomic E-state index is 2.60. The molecule has 0 radical (unpaired) electrons. The van der Waals surface area contributed by atoms with E-state index in [1.807, 2.05) is 11.3 Å². The second-order valence-corrected chi connectivity index (χ2v) is 13.6. The van der Waals surface area contributed by atoms with Crippen LogP contribution in [0.3, 0.4) is 0 Å². The molecule has 0 aliphatic heterocycles. The summed E-state index contributed by atoms with van der Waals surface area (Å²) in [5.41, 5.74) is 8.02. The molecule has 2 heteroatoms. The van der Waals surface area contributed by atoms with Gasteiger partial charge in [0, 0.05) is 42.0 Å². The summed E-state index contributed by atoms with van der Waals surface area (Å²) in [7, 11) is 0. The highest BCUT2D eigenvalue weighted by molar-refractivity contribution is 7.26. The van der Waals surface area contributed by atoms with Crippen molar-refractivity contribution < 1.29 is 0 Å². The third-order valence-electron chi connectivity index (χ3n) is 9.72. The fourth-order valence-corrected chi connectivity index (χ4v) is 8.82. The van der Waals surface area contributed by atoms with Crippen molar-refractivity contribution in [2.45, 2.75) is 31.7 Å². The van der Waals surface area contributed by atoms with Gasteiger partial charge in [0.15, 0.2) is 0 Å². The summed E-state index contributed by atoms with van der Waals surface area (Å²) >= 11 is 1.92. The number of nitrogens with zero attached hydrogens (tertiary/aromatic N) is 1. The lowest BCUT2D eigenvalue weighted by atomic mass is 9.82. The number of hydrogen-bond donors (Lipinski definition) is 0. The second-order valence-electron chi connectivity index (χ2n) is 12.5. The molecule has 1 nitrogen and oxygen atoms in total. The average Bonchev–Trinajstić information content (AvgIpc) is 3.52. The third kappa shape index (κ3) is 3.63. The van der Waals surface area contributed by atoms with Crippen molar-refractivity contribution in [2.24, 2.45) is 0 Å². The van der Waals surface area contributed by atoms with Gasteiger partial charge in [-0.2, -0.15) is 0 Å². The molecule has 0 saturated heterocycles. The number of thiophene rings is 1. The zero-order valence-electron chi connectivity index (χ0n) is 24.3. The Bertz CT molecular complexity index is 2310. The molecule has 206 valence electrons. The maximum Gasteiger partial charge on any atom is 0.0560 e. The smallest absolute Gasteiger partial charge is 0.0560 e. The van der Waals surface area contributed by atoms with Crippen molar-refractivity contribution in [1.29, 1.82) is 0 Å². The first-order valence-electron chi connectivity index (χ1n) is 15.2. The molecule has 0 N–H and O–H groups in total. The van der Waals surface area contributed by atoms with E-state index in [0.29, 0.717) is 0 Å². The Morgan fingerprint density at radius 3 is 2.23 bits per heavy atom. The molecule has 0 amide bonds. The summed E-state index contributed by atoms with van der Waals surface area (Å²) in [5, 5.41) is 7.91. The van der Waals surface area contributed by atoms with Crippen LogP contribution in [0.2, 0.25) is 0 Å². The number of hydrogen-bond acceptors (Lipinski definition) is 2. The summed E-state index contributed by atoms with van der Waals surface area (Å²) in [6, 6.07) is 41.3. The lowest BCUT2D eigenvalue weighted by molar-refractivity contribution is 0.659. The molecule has 1 heterocycles. The van der Waals surface area contributed by atoms with E-state index in [2.05, 4.69) is 152 Å². The van der Waals surface area contributed by atoms with Gasteiger partial charge in [-0.25, -0.2) is 0 Å². The highest BCUT2D eigenvalue weighted by Crippen LogP contribution is 2.51. The minimum atomic E-state index is -0.0491. The summed E-state index contributed by atoms with van der Waals surface area (Å²) in [6.07, 6.45) is 10.0. The summed E-state index contributed by atoms with van der Waals surface area (Å²) in [4.78, 5) is 2.60. The van der Waals surface area contributed by atoms with E-state index in [9.17, 15) is 0 Å². The molecule has 1 aromatic heterocycles. The molecule has 0 bridgehead atoms. The van der Waals surface area contributed by atoms with Crippen LogP contribution >= 0.6 is 11.3 Å². The van der Waals surface area contributed by atoms with Gasteiger partial charge in [-0.3, -0.25) is 0 Å². The number of allylic oxidation sites excluding steroid dienone is 2. The van der Waals surface area contributed by atoms with Gasteiger partial charge in [-0.15, -0.1) is 11.3 Å². The Kier molecular flexibility index (Phi) is 5.31. The SMILES string of the molecule is CC1(C)c2ccccc2-c2ccc(N(c3cc4c5cc6ccccc6cc5sc4c4ccccc34)C3C=CC=CC3)cc21. The minimum absolute atomic E-state index is 0.0491. The highest BCUT2D eigenvalue weighted by Gasteiger charge is 2.36. The van der Waals surface area contributed by atoms with Crippen molar-refractivity contribution in [1.82, 2.24) is 0 Å². The first kappa shape index (κ1) is 24.9. The Balaban J connectivity index is 1.33. The third-order valence-corrected chi connectivity index (χ3v) is 10.9. The minimum Gasteiger partial charge on any atom is -0.334 e. The van der Waals surface area contributed by atoms with Crippen molar-refractivity contribution in [2.75, 3.05) is 4.90 Å². The zero-order chi connectivity index (χ0) is 28.7. The van der Waals surface area contributed by atoms with Crippen LogP contribution in [-0.4, -0.2) is 6.04 Å². The van der Waals surface area contributed by atoms with Crippen molar-refractivity contribution in [3.05, 3.63) is 145 Å². The van der Waals surface area contributed by atoms with Crippen LogP contribution in [0.1, 0.15) is 31.4 Å². The maximum atomic E-state index is 2.60. The van der Waals surface area contributed by atoms with Gasteiger partial charge in [0.2, 0.25) is 0 Å². The molecule has 1 unspecified atom stereocenters. The zero-order valence-corrected chi connectivity index (χ0v) is 25.2. The molecular weight excluding hydrogens is 539 g/mol. The van der Waals surface area contributed by atoms with Crippen LogP contribution in [0, 0.1) is 0 Å². The first-order chi connectivity index (χ1) is 21.1. The summed E-state index contributed by atoms with van der Waals surface area (Å²) in [5.74, 6) is 0. The molecule has 43 heavy (non-hydrogen) atoms. The molecule has 7 aromatic rings. The molecule has 2 aliphatic carbocycles. The van der Waals surface area contributed by atoms with E-state index < -0.39 is 0 Å². The van der Waals surface area contributed by atoms with Crippen LogP contribution < -0.4 is 4.90 Å². The van der Waals surface area contributed by atoms with Gasteiger partial charge in [0.25, 0.3) is 0 Å². The van der Waals surface area contributed by atoms with Crippen LogP contribution in [0.5, 0.6) is 0 Å². The van der Waals surface area contributed by atoms with Gasteiger partial charge in [0.05, 0.1) is 11.7 Å². The second kappa shape index (κ2) is 9.17. The Hall–Kier alpha value is -4.66. The lowest BCUT2D eigenvalue weighted by Crippen LogP contribution is -2.30. The normalized spacial score (nSPS) is 16.7. The van der Waals surface area contributed by atoms with Crippen LogP contribution in [0.15, 0.2) is 133 Å². The molecule has 0 spiro atoms. The predicted octanol–water partition coefficient (Wildman–Crippen LogP) is 11.7. The van der Waals surface area contributed by atoms with E-state index in [-0.39, 0.29) is 11.5 Å². The van der Waals surface area contributed by atoms with Crippen molar-refractivity contribution in [3.63, 3.8) is 0 Å². The van der Waals surface area contributed by atoms with Crippen LogP contribution in [-0.2, 0) is 5.41 Å². The average molecular weight is 570 g/mol. The van der Waals surface area contributed by atoms with E-state index in [0.717, 1.165) is 6.42 Å². The summed E-state index contributed by atoms with van der Waals surface area (Å²) in [6.45, 7) is 4.75. The van der Waals surface area contributed by atoms with Gasteiger partial charge < -0.3 is 4.90 Å². The Morgan fingerprint density at radius 1 is 0.651 bits per heavy atom. The predicted molar refractivity (Wildman–Crippen MR) is 187 cm³/mol. The number of rotatable bonds is 3. The fraction of sp³-hybridized carbons (Fsp3) is 0.122. The Labute approximate surface area is 256 Å². The molecule has 1 atom stereocenters. The molecule has 0 saturated carbocycles. The Morgan fingerprint density at radius 2 is 1.40 bits per heavy atom. The molecular formula is C41H31NS. The van der Waals surface area contributed by atoms with Crippen molar-refractivity contribution >= 4 is 64.4 Å². The highest BCUT2D eigenvalue weighted by atomic mass is 32.1. The van der Waals surface area contributed by atoms with Crippen LogP contribution in [0.25, 0.3) is 52.8 Å². The fourth-order valence-electron chi connectivity index (χ4n) is 7.57. The van der Waals surface area contributed by atoms with Crippen molar-refractivity contribution in [3.8, 4) is 11.1 Å². The monoisotopic (exact) mass is 569 g/mol. The van der Waals surface area contributed by atoms with Gasteiger partial charge in [-0.1, -0.05) is 117 Å². The van der Waals surface area contributed by atoms with Gasteiger partial charge in [-0.05, 0) is 69.8 Å². The lowest BCUT2D eigenvalue weighted by Gasteiger charge is -2.34. The molecule has 9 rings (SSSR count). The number of fused-ring (bicyclic) bond motifs is 9. The topological polar surface area (TPSA) is 3.24 Å². The molecule has 0 fully saturated rings. The van der Waals surface area contributed by atoms with E-state index in [1.54, 1.807) is 0 Å².